The Morgan fingerprint density at radius 2 is 1.63 bits per heavy atom. The van der Waals surface area contributed by atoms with Crippen LogP contribution >= 0.6 is 0 Å². The van der Waals surface area contributed by atoms with Crippen LogP contribution in [0.15, 0.2) is 48.5 Å². The first-order chi connectivity index (χ1) is 9.33. The van der Waals surface area contributed by atoms with Crippen LogP contribution in [-0.2, 0) is 6.54 Å². The molecule has 2 aromatic carbocycles. The minimum absolute atomic E-state index is 0.626. The molecule has 2 rings (SSSR count). The standard InChI is InChI=1S/C16H19NO2/c1-3-18-15-6-4-5-7-16(15)19-14-10-8-13(9-11-14)12-17-2/h4-11,17H,3,12H2,1-2H3. The molecule has 0 fully saturated rings. The first kappa shape index (κ1) is 13.4. The Morgan fingerprint density at radius 3 is 2.26 bits per heavy atom. The number of hydrogen-bond donors (Lipinski definition) is 1. The average Bonchev–Trinajstić information content (AvgIpc) is 2.44. The Kier molecular flexibility index (Phi) is 4.81. The maximum Gasteiger partial charge on any atom is 0.169 e. The van der Waals surface area contributed by atoms with E-state index in [-0.39, 0.29) is 0 Å². The second-order valence-electron chi connectivity index (χ2n) is 4.16. The van der Waals surface area contributed by atoms with Crippen LogP contribution in [0.2, 0.25) is 0 Å². The molecule has 0 unspecified atom stereocenters. The van der Waals surface area contributed by atoms with Gasteiger partial charge < -0.3 is 14.8 Å². The zero-order valence-electron chi connectivity index (χ0n) is 11.3. The molecule has 1 N–H and O–H groups in total. The molecule has 0 saturated carbocycles. The van der Waals surface area contributed by atoms with Gasteiger partial charge in [0, 0.05) is 6.54 Å². The second kappa shape index (κ2) is 6.81. The monoisotopic (exact) mass is 257 g/mol. The van der Waals surface area contributed by atoms with Crippen LogP contribution in [0.5, 0.6) is 17.2 Å². The van der Waals surface area contributed by atoms with E-state index in [0.717, 1.165) is 23.8 Å². The quantitative estimate of drug-likeness (QED) is 0.857. The van der Waals surface area contributed by atoms with Crippen LogP contribution < -0.4 is 14.8 Å². The van der Waals surface area contributed by atoms with Crippen molar-refractivity contribution in [3.05, 3.63) is 54.1 Å². The van der Waals surface area contributed by atoms with Crippen LogP contribution in [0.4, 0.5) is 0 Å². The average molecular weight is 257 g/mol. The molecule has 100 valence electrons. The third-order valence-electron chi connectivity index (χ3n) is 2.68. The zero-order chi connectivity index (χ0) is 13.5. The summed E-state index contributed by atoms with van der Waals surface area (Å²) in [7, 11) is 1.93. The van der Waals surface area contributed by atoms with Gasteiger partial charge in [0.05, 0.1) is 6.61 Å². The summed E-state index contributed by atoms with van der Waals surface area (Å²) in [4.78, 5) is 0. The largest absolute Gasteiger partial charge is 0.490 e. The number of para-hydroxylation sites is 2. The maximum absolute atomic E-state index is 5.85. The van der Waals surface area contributed by atoms with Gasteiger partial charge in [-0.05, 0) is 43.8 Å². The maximum atomic E-state index is 5.85. The molecule has 0 radical (unpaired) electrons. The molecule has 0 bridgehead atoms. The Morgan fingerprint density at radius 1 is 0.947 bits per heavy atom. The van der Waals surface area contributed by atoms with Crippen molar-refractivity contribution in [3.8, 4) is 17.2 Å². The molecular formula is C16H19NO2. The van der Waals surface area contributed by atoms with E-state index in [4.69, 9.17) is 9.47 Å². The molecule has 0 saturated heterocycles. The van der Waals surface area contributed by atoms with E-state index in [1.54, 1.807) is 0 Å². The Bertz CT molecular complexity index is 508. The van der Waals surface area contributed by atoms with Gasteiger partial charge >= 0.3 is 0 Å². The highest BCUT2D eigenvalue weighted by Crippen LogP contribution is 2.31. The van der Waals surface area contributed by atoms with E-state index in [2.05, 4.69) is 17.4 Å². The number of ether oxygens (including phenoxy) is 2. The lowest BCUT2D eigenvalue weighted by Crippen LogP contribution is -2.04. The van der Waals surface area contributed by atoms with Gasteiger partial charge in [0.25, 0.3) is 0 Å². The highest BCUT2D eigenvalue weighted by Gasteiger charge is 2.04. The summed E-state index contributed by atoms with van der Waals surface area (Å²) < 4.78 is 11.4. The molecule has 3 heteroatoms. The molecule has 2 aromatic rings. The van der Waals surface area contributed by atoms with Gasteiger partial charge in [0.1, 0.15) is 5.75 Å². The summed E-state index contributed by atoms with van der Waals surface area (Å²) in [6.45, 7) is 3.45. The lowest BCUT2D eigenvalue weighted by atomic mass is 10.2. The Labute approximate surface area is 114 Å². The smallest absolute Gasteiger partial charge is 0.169 e. The van der Waals surface area contributed by atoms with E-state index in [1.807, 2.05) is 50.4 Å². The Balaban J connectivity index is 2.12. The molecule has 0 aliphatic carbocycles. The van der Waals surface area contributed by atoms with E-state index in [9.17, 15) is 0 Å². The molecule has 0 heterocycles. The normalized spacial score (nSPS) is 10.2. The SMILES string of the molecule is CCOc1ccccc1Oc1ccc(CNC)cc1. The van der Waals surface area contributed by atoms with Crippen LogP contribution in [0.1, 0.15) is 12.5 Å². The van der Waals surface area contributed by atoms with Crippen molar-refractivity contribution in [3.63, 3.8) is 0 Å². The lowest BCUT2D eigenvalue weighted by Gasteiger charge is -2.11. The molecule has 19 heavy (non-hydrogen) atoms. The summed E-state index contributed by atoms with van der Waals surface area (Å²) in [5.41, 5.74) is 1.23. The van der Waals surface area contributed by atoms with Crippen molar-refractivity contribution < 1.29 is 9.47 Å². The number of hydrogen-bond acceptors (Lipinski definition) is 3. The highest BCUT2D eigenvalue weighted by molar-refractivity contribution is 5.43. The van der Waals surface area contributed by atoms with E-state index >= 15 is 0 Å². The number of rotatable bonds is 6. The molecular weight excluding hydrogens is 238 g/mol. The number of benzene rings is 2. The van der Waals surface area contributed by atoms with Crippen LogP contribution in [-0.4, -0.2) is 13.7 Å². The van der Waals surface area contributed by atoms with Crippen molar-refractivity contribution in [1.29, 1.82) is 0 Å². The molecule has 0 aliphatic heterocycles. The van der Waals surface area contributed by atoms with Crippen molar-refractivity contribution >= 4 is 0 Å². The van der Waals surface area contributed by atoms with E-state index in [1.165, 1.54) is 5.56 Å². The van der Waals surface area contributed by atoms with E-state index in [0.29, 0.717) is 6.61 Å². The topological polar surface area (TPSA) is 30.5 Å². The molecule has 0 amide bonds. The summed E-state index contributed by atoms with van der Waals surface area (Å²) in [5.74, 6) is 2.32. The minimum atomic E-state index is 0.626. The molecule has 0 aromatic heterocycles. The predicted molar refractivity (Wildman–Crippen MR) is 76.9 cm³/mol. The van der Waals surface area contributed by atoms with Gasteiger partial charge in [-0.1, -0.05) is 24.3 Å². The number of nitrogens with one attached hydrogen (secondary N) is 1. The Hall–Kier alpha value is -2.00. The van der Waals surface area contributed by atoms with E-state index < -0.39 is 0 Å². The lowest BCUT2D eigenvalue weighted by molar-refractivity contribution is 0.321. The molecule has 0 aliphatic rings. The second-order valence-corrected chi connectivity index (χ2v) is 4.16. The molecule has 3 nitrogen and oxygen atoms in total. The van der Waals surface area contributed by atoms with Gasteiger partial charge in [0.15, 0.2) is 11.5 Å². The predicted octanol–water partition coefficient (Wildman–Crippen LogP) is 3.60. The fourth-order valence-electron chi connectivity index (χ4n) is 1.82. The first-order valence-electron chi connectivity index (χ1n) is 6.46. The van der Waals surface area contributed by atoms with Gasteiger partial charge in [0.2, 0.25) is 0 Å². The van der Waals surface area contributed by atoms with Crippen molar-refractivity contribution in [1.82, 2.24) is 5.32 Å². The zero-order valence-corrected chi connectivity index (χ0v) is 11.3. The third-order valence-corrected chi connectivity index (χ3v) is 2.68. The molecule has 0 spiro atoms. The summed E-state index contributed by atoms with van der Waals surface area (Å²) in [6, 6.07) is 15.7. The highest BCUT2D eigenvalue weighted by atomic mass is 16.5. The fourth-order valence-corrected chi connectivity index (χ4v) is 1.82. The minimum Gasteiger partial charge on any atom is -0.490 e. The van der Waals surface area contributed by atoms with Gasteiger partial charge in [-0.15, -0.1) is 0 Å². The van der Waals surface area contributed by atoms with Crippen molar-refractivity contribution in [2.24, 2.45) is 0 Å². The van der Waals surface area contributed by atoms with Crippen molar-refractivity contribution in [2.75, 3.05) is 13.7 Å². The van der Waals surface area contributed by atoms with Gasteiger partial charge in [-0.25, -0.2) is 0 Å². The van der Waals surface area contributed by atoms with Crippen LogP contribution in [0.25, 0.3) is 0 Å². The third kappa shape index (κ3) is 3.73. The first-order valence-corrected chi connectivity index (χ1v) is 6.46. The van der Waals surface area contributed by atoms with Crippen LogP contribution in [0.3, 0.4) is 0 Å². The fraction of sp³-hybridized carbons (Fsp3) is 0.250. The van der Waals surface area contributed by atoms with Gasteiger partial charge in [-0.3, -0.25) is 0 Å². The molecule has 0 atom stereocenters. The summed E-state index contributed by atoms with van der Waals surface area (Å²) >= 11 is 0. The summed E-state index contributed by atoms with van der Waals surface area (Å²) in [5, 5.41) is 3.12. The van der Waals surface area contributed by atoms with Crippen LogP contribution in [0, 0.1) is 0 Å². The van der Waals surface area contributed by atoms with Crippen molar-refractivity contribution in [2.45, 2.75) is 13.5 Å². The van der Waals surface area contributed by atoms with Gasteiger partial charge in [-0.2, -0.15) is 0 Å². The summed E-state index contributed by atoms with van der Waals surface area (Å²) in [6.07, 6.45) is 0.